The molecule has 1 N–H and O–H groups in total. The molecule has 0 aromatic heterocycles. The Kier molecular flexibility index (Phi) is 7.01. The second kappa shape index (κ2) is 10.1. The van der Waals surface area contributed by atoms with Crippen LogP contribution < -0.4 is 5.32 Å². The molecule has 1 aliphatic heterocycles. The third-order valence-corrected chi connectivity index (χ3v) is 7.69. The Bertz CT molecular complexity index is 1230. The number of amides is 1. The van der Waals surface area contributed by atoms with Gasteiger partial charge in [0.05, 0.1) is 10.5 Å². The van der Waals surface area contributed by atoms with Gasteiger partial charge in [0.25, 0.3) is 5.91 Å². The van der Waals surface area contributed by atoms with E-state index in [1.165, 1.54) is 4.31 Å². The van der Waals surface area contributed by atoms with Crippen molar-refractivity contribution in [2.75, 3.05) is 13.1 Å². The Hall–Kier alpha value is -3.29. The highest BCUT2D eigenvalue weighted by molar-refractivity contribution is 7.89. The van der Waals surface area contributed by atoms with Crippen LogP contribution in [0.3, 0.4) is 0 Å². The number of nitrogens with one attached hydrogen (secondary N) is 1. The number of piperidine rings is 1. The van der Waals surface area contributed by atoms with Crippen LogP contribution in [-0.2, 0) is 16.6 Å². The molecule has 0 aliphatic carbocycles. The van der Waals surface area contributed by atoms with E-state index in [4.69, 9.17) is 0 Å². The van der Waals surface area contributed by atoms with E-state index >= 15 is 0 Å². The van der Waals surface area contributed by atoms with Crippen molar-refractivity contribution in [3.8, 4) is 0 Å². The maximum absolute atomic E-state index is 12.9. The van der Waals surface area contributed by atoms with Gasteiger partial charge >= 0.3 is 0 Å². The van der Waals surface area contributed by atoms with Crippen molar-refractivity contribution < 1.29 is 18.0 Å². The number of nitrogens with zero attached hydrogens (tertiary/aromatic N) is 1. The van der Waals surface area contributed by atoms with E-state index in [0.29, 0.717) is 29.8 Å². The van der Waals surface area contributed by atoms with Crippen molar-refractivity contribution in [3.63, 3.8) is 0 Å². The lowest BCUT2D eigenvalue weighted by Gasteiger charge is -2.25. The number of carbonyl (C=O) groups excluding carboxylic acids is 2. The quantitative estimate of drug-likeness (QED) is 0.538. The fraction of sp³-hybridized carbons (Fsp3) is 0.231. The van der Waals surface area contributed by atoms with Crippen molar-refractivity contribution in [3.05, 3.63) is 101 Å². The summed E-state index contributed by atoms with van der Waals surface area (Å²) in [4.78, 5) is 26.0. The van der Waals surface area contributed by atoms with E-state index in [0.717, 1.165) is 24.8 Å². The second-order valence-electron chi connectivity index (χ2n) is 8.03. The molecule has 0 unspecified atom stereocenters. The Morgan fingerprint density at radius 3 is 2.03 bits per heavy atom. The number of hydrogen-bond donors (Lipinski definition) is 1. The molecule has 3 aromatic carbocycles. The fourth-order valence-corrected chi connectivity index (χ4v) is 5.45. The Balaban J connectivity index is 1.44. The van der Waals surface area contributed by atoms with Crippen molar-refractivity contribution >= 4 is 21.7 Å². The largest absolute Gasteiger partial charge is 0.348 e. The van der Waals surface area contributed by atoms with E-state index in [1.54, 1.807) is 72.8 Å². The molecule has 3 aromatic rings. The molecule has 1 fully saturated rings. The molecular formula is C26H26N2O4S. The minimum absolute atomic E-state index is 0.214. The van der Waals surface area contributed by atoms with Crippen molar-refractivity contribution in [2.45, 2.75) is 30.7 Å². The van der Waals surface area contributed by atoms with Gasteiger partial charge in [-0.25, -0.2) is 8.42 Å². The number of ketones is 1. The molecule has 0 spiro atoms. The Morgan fingerprint density at radius 2 is 1.36 bits per heavy atom. The molecule has 7 heteroatoms. The van der Waals surface area contributed by atoms with Crippen LogP contribution in [0.15, 0.2) is 83.8 Å². The van der Waals surface area contributed by atoms with Crippen molar-refractivity contribution in [2.24, 2.45) is 0 Å². The Morgan fingerprint density at radius 1 is 0.758 bits per heavy atom. The van der Waals surface area contributed by atoms with Gasteiger partial charge in [0.1, 0.15) is 0 Å². The highest BCUT2D eigenvalue weighted by Gasteiger charge is 2.25. The summed E-state index contributed by atoms with van der Waals surface area (Å²) in [5, 5.41) is 2.83. The van der Waals surface area contributed by atoms with Crippen molar-refractivity contribution in [1.82, 2.24) is 9.62 Å². The minimum Gasteiger partial charge on any atom is -0.348 e. The number of rotatable bonds is 7. The first kappa shape index (κ1) is 22.9. The monoisotopic (exact) mass is 462 g/mol. The molecular weight excluding hydrogens is 436 g/mol. The maximum Gasteiger partial charge on any atom is 0.252 e. The molecule has 0 atom stereocenters. The summed E-state index contributed by atoms with van der Waals surface area (Å²) in [6, 6.07) is 22.1. The van der Waals surface area contributed by atoms with Gasteiger partial charge in [0.15, 0.2) is 5.78 Å². The standard InChI is InChI=1S/C26H26N2O4S/c29-25(21-9-3-1-4-10-21)23-11-5-6-12-24(23)26(30)27-19-20-13-15-22(16-14-20)33(31,32)28-17-7-2-8-18-28/h1,3-6,9-16H,2,7-8,17-19H2,(H,27,30). The topological polar surface area (TPSA) is 83.6 Å². The van der Waals surface area contributed by atoms with E-state index in [9.17, 15) is 18.0 Å². The van der Waals surface area contributed by atoms with Crippen molar-refractivity contribution in [1.29, 1.82) is 0 Å². The molecule has 1 heterocycles. The first-order valence-corrected chi connectivity index (χ1v) is 12.5. The number of benzene rings is 3. The average Bonchev–Trinajstić information content (AvgIpc) is 2.88. The number of carbonyl (C=O) groups is 2. The van der Waals surface area contributed by atoms with Gasteiger partial charge in [-0.05, 0) is 36.6 Å². The first-order chi connectivity index (χ1) is 16.0. The van der Waals surface area contributed by atoms with Crippen LogP contribution >= 0.6 is 0 Å². The van der Waals surface area contributed by atoms with Crippen LogP contribution in [0.2, 0.25) is 0 Å². The van der Waals surface area contributed by atoms with Gasteiger partial charge in [0, 0.05) is 30.8 Å². The molecule has 6 nitrogen and oxygen atoms in total. The lowest BCUT2D eigenvalue weighted by atomic mass is 9.98. The fourth-order valence-electron chi connectivity index (χ4n) is 3.94. The molecule has 0 saturated carbocycles. The van der Waals surface area contributed by atoms with Gasteiger partial charge in [-0.3, -0.25) is 9.59 Å². The molecule has 1 aliphatic rings. The molecule has 4 rings (SSSR count). The van der Waals surface area contributed by atoms with E-state index in [2.05, 4.69) is 5.32 Å². The van der Waals surface area contributed by atoms with Gasteiger partial charge in [-0.2, -0.15) is 4.31 Å². The molecule has 1 amide bonds. The second-order valence-corrected chi connectivity index (χ2v) is 9.97. The highest BCUT2D eigenvalue weighted by atomic mass is 32.2. The normalized spacial score (nSPS) is 14.5. The summed E-state index contributed by atoms with van der Waals surface area (Å²) >= 11 is 0. The lowest BCUT2D eigenvalue weighted by molar-refractivity contribution is 0.0939. The van der Waals surface area contributed by atoms with Gasteiger partial charge in [0.2, 0.25) is 10.0 Å². The summed E-state index contributed by atoms with van der Waals surface area (Å²) in [5.41, 5.74) is 1.93. The lowest BCUT2D eigenvalue weighted by Crippen LogP contribution is -2.35. The first-order valence-electron chi connectivity index (χ1n) is 11.0. The van der Waals surface area contributed by atoms with Crippen LogP contribution in [0.4, 0.5) is 0 Å². The number of sulfonamides is 1. The molecule has 170 valence electrons. The maximum atomic E-state index is 12.9. The molecule has 33 heavy (non-hydrogen) atoms. The minimum atomic E-state index is -3.49. The zero-order valence-electron chi connectivity index (χ0n) is 18.2. The highest BCUT2D eigenvalue weighted by Crippen LogP contribution is 2.21. The zero-order valence-corrected chi connectivity index (χ0v) is 19.1. The van der Waals surface area contributed by atoms with E-state index < -0.39 is 10.0 Å². The van der Waals surface area contributed by atoms with Crippen LogP contribution in [0.5, 0.6) is 0 Å². The molecule has 1 saturated heterocycles. The van der Waals surface area contributed by atoms with Crippen LogP contribution in [0.25, 0.3) is 0 Å². The summed E-state index contributed by atoms with van der Waals surface area (Å²) in [7, 11) is -3.49. The smallest absolute Gasteiger partial charge is 0.252 e. The molecule has 0 radical (unpaired) electrons. The number of hydrogen-bond acceptors (Lipinski definition) is 4. The predicted molar refractivity (Wildman–Crippen MR) is 127 cm³/mol. The summed E-state index contributed by atoms with van der Waals surface area (Å²) in [5.74, 6) is -0.575. The molecule has 0 bridgehead atoms. The van der Waals surface area contributed by atoms with Gasteiger partial charge in [-0.1, -0.05) is 67.1 Å². The summed E-state index contributed by atoms with van der Waals surface area (Å²) in [6.07, 6.45) is 2.83. The third kappa shape index (κ3) is 5.21. The predicted octanol–water partition coefficient (Wildman–Crippen LogP) is 4.02. The Labute approximate surface area is 194 Å². The van der Waals surface area contributed by atoms with Crippen LogP contribution in [0.1, 0.15) is 51.1 Å². The van der Waals surface area contributed by atoms with E-state index in [1.807, 2.05) is 6.07 Å². The summed E-state index contributed by atoms with van der Waals surface area (Å²) in [6.45, 7) is 1.33. The average molecular weight is 463 g/mol. The van der Waals surface area contributed by atoms with Crippen LogP contribution in [0, 0.1) is 0 Å². The SMILES string of the molecule is O=C(NCc1ccc(S(=O)(=O)N2CCCCC2)cc1)c1ccccc1C(=O)c1ccccc1. The van der Waals surface area contributed by atoms with E-state index in [-0.39, 0.29) is 23.1 Å². The summed E-state index contributed by atoms with van der Waals surface area (Å²) < 4.78 is 27.1. The van der Waals surface area contributed by atoms with Gasteiger partial charge in [-0.15, -0.1) is 0 Å². The zero-order chi connectivity index (χ0) is 23.3. The third-order valence-electron chi connectivity index (χ3n) is 5.78. The van der Waals surface area contributed by atoms with Crippen LogP contribution in [-0.4, -0.2) is 37.5 Å². The van der Waals surface area contributed by atoms with Gasteiger partial charge < -0.3 is 5.32 Å².